The summed E-state index contributed by atoms with van der Waals surface area (Å²) in [5.41, 5.74) is -0.0978. The third-order valence-electron chi connectivity index (χ3n) is 2.73. The molecule has 3 aromatic rings. The van der Waals surface area contributed by atoms with Crippen LogP contribution in [0.3, 0.4) is 0 Å². The molecule has 0 bridgehead atoms. The van der Waals surface area contributed by atoms with Crippen molar-refractivity contribution in [3.8, 4) is 5.69 Å². The van der Waals surface area contributed by atoms with E-state index in [2.05, 4.69) is 4.98 Å². The fraction of sp³-hybridized carbons (Fsp3) is 0.0769. The summed E-state index contributed by atoms with van der Waals surface area (Å²) in [6.07, 6.45) is 0. The highest BCUT2D eigenvalue weighted by molar-refractivity contribution is 7.18. The second kappa shape index (κ2) is 5.83. The van der Waals surface area contributed by atoms with E-state index in [4.69, 9.17) is 0 Å². The fourth-order valence-electron chi connectivity index (χ4n) is 1.94. The van der Waals surface area contributed by atoms with Crippen molar-refractivity contribution < 1.29 is 11.0 Å². The standard InChI is InChI=1S/C13H10N2O2S.2H2O/c1-8-7-10-11(18-8)14-13(17)15(12(10)16)9-5-3-2-4-6-9;;/h2-7H,1H3,(H,14,17);2*1H2. The molecule has 2 aromatic heterocycles. The van der Waals surface area contributed by atoms with Gasteiger partial charge in [-0.3, -0.25) is 9.78 Å². The maximum atomic E-state index is 12.3. The van der Waals surface area contributed by atoms with E-state index >= 15 is 0 Å². The van der Waals surface area contributed by atoms with Gasteiger partial charge in [-0.2, -0.15) is 0 Å². The van der Waals surface area contributed by atoms with Crippen molar-refractivity contribution in [2.24, 2.45) is 0 Å². The molecule has 7 heteroatoms. The molecule has 0 fully saturated rings. The summed E-state index contributed by atoms with van der Waals surface area (Å²) in [6.45, 7) is 1.91. The van der Waals surface area contributed by atoms with Crippen LogP contribution < -0.4 is 11.2 Å². The van der Waals surface area contributed by atoms with Gasteiger partial charge in [-0.05, 0) is 25.1 Å². The van der Waals surface area contributed by atoms with Gasteiger partial charge in [0.25, 0.3) is 5.56 Å². The smallest absolute Gasteiger partial charge is 0.334 e. The molecule has 0 amide bonds. The molecule has 0 saturated heterocycles. The topological polar surface area (TPSA) is 118 Å². The number of para-hydroxylation sites is 1. The van der Waals surface area contributed by atoms with Crippen molar-refractivity contribution in [1.82, 2.24) is 9.55 Å². The number of fused-ring (bicyclic) bond motifs is 1. The van der Waals surface area contributed by atoms with Gasteiger partial charge in [0.05, 0.1) is 11.1 Å². The van der Waals surface area contributed by atoms with Crippen LogP contribution in [0.25, 0.3) is 15.9 Å². The van der Waals surface area contributed by atoms with Gasteiger partial charge < -0.3 is 11.0 Å². The van der Waals surface area contributed by atoms with Crippen LogP contribution >= 0.6 is 11.3 Å². The van der Waals surface area contributed by atoms with Crippen molar-refractivity contribution in [3.05, 3.63) is 62.1 Å². The Morgan fingerprint density at radius 1 is 1.10 bits per heavy atom. The quantitative estimate of drug-likeness (QED) is 0.699. The lowest BCUT2D eigenvalue weighted by molar-refractivity contribution is 0.823. The predicted molar refractivity (Wildman–Crippen MR) is 80.0 cm³/mol. The lowest BCUT2D eigenvalue weighted by atomic mass is 10.3. The van der Waals surface area contributed by atoms with Gasteiger partial charge in [0, 0.05) is 4.88 Å². The van der Waals surface area contributed by atoms with Crippen molar-refractivity contribution in [1.29, 1.82) is 0 Å². The van der Waals surface area contributed by atoms with Crippen LogP contribution in [0.1, 0.15) is 4.88 Å². The number of aryl methyl sites for hydroxylation is 1. The second-order valence-electron chi connectivity index (χ2n) is 4.01. The third-order valence-corrected chi connectivity index (χ3v) is 3.69. The molecule has 0 atom stereocenters. The third kappa shape index (κ3) is 2.42. The van der Waals surface area contributed by atoms with Gasteiger partial charge in [0.15, 0.2) is 0 Å². The molecule has 0 aliphatic rings. The molecule has 3 rings (SSSR count). The van der Waals surface area contributed by atoms with Crippen molar-refractivity contribution in [3.63, 3.8) is 0 Å². The summed E-state index contributed by atoms with van der Waals surface area (Å²) in [6, 6.07) is 10.7. The zero-order chi connectivity index (χ0) is 12.7. The highest BCUT2D eigenvalue weighted by Crippen LogP contribution is 2.18. The van der Waals surface area contributed by atoms with E-state index in [0.29, 0.717) is 15.9 Å². The first-order valence-corrected chi connectivity index (χ1v) is 6.29. The van der Waals surface area contributed by atoms with E-state index in [0.717, 1.165) is 9.44 Å². The van der Waals surface area contributed by atoms with Crippen LogP contribution in [0.4, 0.5) is 0 Å². The molecule has 2 heterocycles. The maximum absolute atomic E-state index is 12.3. The summed E-state index contributed by atoms with van der Waals surface area (Å²) in [5, 5.41) is 0.556. The van der Waals surface area contributed by atoms with Gasteiger partial charge in [0.1, 0.15) is 4.83 Å². The van der Waals surface area contributed by atoms with Crippen LogP contribution in [0.15, 0.2) is 46.0 Å². The van der Waals surface area contributed by atoms with Gasteiger partial charge in [0.2, 0.25) is 0 Å². The zero-order valence-corrected chi connectivity index (χ0v) is 11.5. The summed E-state index contributed by atoms with van der Waals surface area (Å²) in [5.74, 6) is 0. The highest BCUT2D eigenvalue weighted by Gasteiger charge is 2.10. The lowest BCUT2D eigenvalue weighted by Crippen LogP contribution is -2.32. The number of aromatic nitrogens is 2. The molecule has 0 unspecified atom stereocenters. The number of aromatic amines is 1. The number of H-pyrrole nitrogens is 1. The molecule has 106 valence electrons. The normalized spacial score (nSPS) is 9.85. The number of hydrogen-bond acceptors (Lipinski definition) is 3. The lowest BCUT2D eigenvalue weighted by Gasteiger charge is -2.03. The Labute approximate surface area is 117 Å². The Morgan fingerprint density at radius 2 is 1.75 bits per heavy atom. The highest BCUT2D eigenvalue weighted by atomic mass is 32.1. The fourth-order valence-corrected chi connectivity index (χ4v) is 2.84. The van der Waals surface area contributed by atoms with Gasteiger partial charge in [-0.25, -0.2) is 9.36 Å². The van der Waals surface area contributed by atoms with Gasteiger partial charge >= 0.3 is 5.69 Å². The Hall–Kier alpha value is -2.22. The SMILES string of the molecule is Cc1cc2c(=O)n(-c3ccccc3)c(=O)[nH]c2s1.O.O. The Balaban J connectivity index is 0.000001000. The van der Waals surface area contributed by atoms with E-state index in [9.17, 15) is 9.59 Å². The molecule has 0 radical (unpaired) electrons. The van der Waals surface area contributed by atoms with Crippen LogP contribution in [0, 0.1) is 6.92 Å². The van der Waals surface area contributed by atoms with Crippen LogP contribution in [-0.4, -0.2) is 20.5 Å². The molecule has 0 aliphatic carbocycles. The van der Waals surface area contributed by atoms with Crippen molar-refractivity contribution >= 4 is 21.6 Å². The number of rotatable bonds is 1. The maximum Gasteiger partial charge on any atom is 0.334 e. The van der Waals surface area contributed by atoms with E-state index in [-0.39, 0.29) is 16.5 Å². The predicted octanol–water partition coefficient (Wildman–Crippen LogP) is 0.400. The number of thiophene rings is 1. The van der Waals surface area contributed by atoms with Crippen LogP contribution in [0.2, 0.25) is 0 Å². The minimum atomic E-state index is -0.402. The molecular weight excluding hydrogens is 280 g/mol. The van der Waals surface area contributed by atoms with Crippen LogP contribution in [-0.2, 0) is 0 Å². The monoisotopic (exact) mass is 294 g/mol. The summed E-state index contributed by atoms with van der Waals surface area (Å²) in [4.78, 5) is 28.7. The average Bonchev–Trinajstić information content (AvgIpc) is 2.71. The average molecular weight is 294 g/mol. The van der Waals surface area contributed by atoms with Gasteiger partial charge in [-0.1, -0.05) is 18.2 Å². The van der Waals surface area contributed by atoms with E-state index in [1.54, 1.807) is 30.3 Å². The molecule has 6 nitrogen and oxygen atoms in total. The summed E-state index contributed by atoms with van der Waals surface area (Å²) in [7, 11) is 0. The molecule has 1 aromatic carbocycles. The van der Waals surface area contributed by atoms with E-state index in [1.165, 1.54) is 11.3 Å². The molecule has 5 N–H and O–H groups in total. The molecule has 0 spiro atoms. The minimum Gasteiger partial charge on any atom is -0.412 e. The number of hydrogen-bond donors (Lipinski definition) is 1. The second-order valence-corrected chi connectivity index (χ2v) is 5.26. The van der Waals surface area contributed by atoms with E-state index < -0.39 is 5.69 Å². The van der Waals surface area contributed by atoms with Crippen molar-refractivity contribution in [2.75, 3.05) is 0 Å². The van der Waals surface area contributed by atoms with Crippen LogP contribution in [0.5, 0.6) is 0 Å². The number of benzene rings is 1. The molecule has 0 saturated carbocycles. The van der Waals surface area contributed by atoms with Gasteiger partial charge in [-0.15, -0.1) is 11.3 Å². The summed E-state index contributed by atoms with van der Waals surface area (Å²) >= 11 is 1.42. The Morgan fingerprint density at radius 3 is 2.40 bits per heavy atom. The first-order chi connectivity index (χ1) is 8.66. The molecule has 20 heavy (non-hydrogen) atoms. The first kappa shape index (κ1) is 15.8. The molecule has 0 aliphatic heterocycles. The largest absolute Gasteiger partial charge is 0.412 e. The first-order valence-electron chi connectivity index (χ1n) is 5.48. The Kier molecular flexibility index (Phi) is 4.61. The Bertz CT molecular complexity index is 833. The minimum absolute atomic E-state index is 0. The number of nitrogens with one attached hydrogen (secondary N) is 1. The molecular formula is C13H14N2O4S. The summed E-state index contributed by atoms with van der Waals surface area (Å²) < 4.78 is 1.16. The zero-order valence-electron chi connectivity index (χ0n) is 10.6. The van der Waals surface area contributed by atoms with E-state index in [1.807, 2.05) is 13.0 Å². The number of nitrogens with zero attached hydrogens (tertiary/aromatic N) is 1. The van der Waals surface area contributed by atoms with Crippen molar-refractivity contribution in [2.45, 2.75) is 6.92 Å².